The van der Waals surface area contributed by atoms with E-state index >= 15 is 0 Å². The summed E-state index contributed by atoms with van der Waals surface area (Å²) in [5.41, 5.74) is 1.15. The van der Waals surface area contributed by atoms with Gasteiger partial charge in [-0.25, -0.2) is 4.98 Å². The third-order valence-corrected chi connectivity index (χ3v) is 5.05. The normalized spacial score (nSPS) is 12.0. The first kappa shape index (κ1) is 23.6. The number of hydrogen-bond acceptors (Lipinski definition) is 4. The van der Waals surface area contributed by atoms with Crippen molar-refractivity contribution in [2.75, 3.05) is 26.7 Å². The van der Waals surface area contributed by atoms with Crippen molar-refractivity contribution in [3.8, 4) is 0 Å². The van der Waals surface area contributed by atoms with E-state index in [1.54, 1.807) is 11.3 Å². The van der Waals surface area contributed by atoms with Crippen LogP contribution in [0, 0.1) is 13.8 Å². The van der Waals surface area contributed by atoms with E-state index in [1.165, 1.54) is 9.88 Å². The molecule has 1 aromatic rings. The van der Waals surface area contributed by atoms with Crippen molar-refractivity contribution in [3.63, 3.8) is 0 Å². The van der Waals surface area contributed by atoms with Crippen molar-refractivity contribution in [2.24, 2.45) is 4.99 Å². The highest BCUT2D eigenvalue weighted by Gasteiger charge is 2.12. The molecule has 0 saturated heterocycles. The number of nitrogens with one attached hydrogen (secondary N) is 2. The Morgan fingerprint density at radius 3 is 2.17 bits per heavy atom. The van der Waals surface area contributed by atoms with E-state index < -0.39 is 0 Å². The van der Waals surface area contributed by atoms with Crippen LogP contribution in [0.15, 0.2) is 4.99 Å². The second-order valence-electron chi connectivity index (χ2n) is 6.35. The topological polar surface area (TPSA) is 52.6 Å². The minimum atomic E-state index is 0. The smallest absolute Gasteiger partial charge is 0.191 e. The Labute approximate surface area is 168 Å². The van der Waals surface area contributed by atoms with Gasteiger partial charge in [0.25, 0.3) is 0 Å². The zero-order valence-electron chi connectivity index (χ0n) is 16.1. The van der Waals surface area contributed by atoms with Gasteiger partial charge in [-0.2, -0.15) is 0 Å². The van der Waals surface area contributed by atoms with E-state index in [4.69, 9.17) is 0 Å². The van der Waals surface area contributed by atoms with Gasteiger partial charge in [0.2, 0.25) is 0 Å². The molecule has 24 heavy (non-hydrogen) atoms. The van der Waals surface area contributed by atoms with Crippen LogP contribution in [0.5, 0.6) is 0 Å². The molecule has 5 nitrogen and oxygen atoms in total. The average Bonchev–Trinajstić information content (AvgIpc) is 2.79. The lowest BCUT2D eigenvalue weighted by molar-refractivity contribution is 0.178. The van der Waals surface area contributed by atoms with E-state index in [1.807, 2.05) is 7.05 Å². The molecule has 2 N–H and O–H groups in total. The molecule has 0 aliphatic carbocycles. The van der Waals surface area contributed by atoms with Gasteiger partial charge in [-0.3, -0.25) is 9.89 Å². The van der Waals surface area contributed by atoms with E-state index in [9.17, 15) is 0 Å². The predicted molar refractivity (Wildman–Crippen MR) is 117 cm³/mol. The van der Waals surface area contributed by atoms with Crippen LogP contribution in [-0.2, 0) is 6.42 Å². The van der Waals surface area contributed by atoms with Crippen molar-refractivity contribution in [1.82, 2.24) is 20.5 Å². The first-order chi connectivity index (χ1) is 10.8. The van der Waals surface area contributed by atoms with Crippen molar-refractivity contribution in [2.45, 2.75) is 60.0 Å². The van der Waals surface area contributed by atoms with Gasteiger partial charge in [-0.1, -0.05) is 0 Å². The molecule has 1 heterocycles. The summed E-state index contributed by atoms with van der Waals surface area (Å²) in [6.07, 6.45) is 0.935. The van der Waals surface area contributed by atoms with Crippen LogP contribution in [0.4, 0.5) is 0 Å². The van der Waals surface area contributed by atoms with Crippen LogP contribution in [0.2, 0.25) is 0 Å². The number of hydrogen-bond donors (Lipinski definition) is 2. The van der Waals surface area contributed by atoms with Crippen LogP contribution in [-0.4, -0.2) is 54.6 Å². The minimum absolute atomic E-state index is 0. The van der Waals surface area contributed by atoms with E-state index in [2.05, 4.69) is 67.1 Å². The van der Waals surface area contributed by atoms with Gasteiger partial charge < -0.3 is 10.6 Å². The third-order valence-electron chi connectivity index (χ3n) is 3.92. The fourth-order valence-electron chi connectivity index (χ4n) is 2.57. The second-order valence-corrected chi connectivity index (χ2v) is 7.64. The van der Waals surface area contributed by atoms with Gasteiger partial charge in [0, 0.05) is 50.1 Å². The molecule has 0 fully saturated rings. The number of thiazole rings is 1. The lowest BCUT2D eigenvalue weighted by Crippen LogP contribution is -2.45. The molecule has 0 radical (unpaired) electrons. The Bertz CT molecular complexity index is 472. The Kier molecular flexibility index (Phi) is 11.8. The molecular formula is C17H34IN5S. The highest BCUT2D eigenvalue weighted by atomic mass is 127. The largest absolute Gasteiger partial charge is 0.356 e. The Balaban J connectivity index is 0.00000529. The molecule has 1 aromatic heterocycles. The standard InChI is InChI=1S/C17H33N5S.HI/c1-12(2)22(13(3)4)11-10-20-17(18-7)19-9-8-16-21-14(5)15(6)23-16;/h12-13H,8-11H2,1-7H3,(H2,18,19,20);1H. The molecule has 0 amide bonds. The van der Waals surface area contributed by atoms with Crippen molar-refractivity contribution >= 4 is 41.3 Å². The predicted octanol–water partition coefficient (Wildman–Crippen LogP) is 3.20. The number of halogens is 1. The number of rotatable bonds is 8. The Morgan fingerprint density at radius 1 is 1.12 bits per heavy atom. The van der Waals surface area contributed by atoms with Crippen molar-refractivity contribution in [1.29, 1.82) is 0 Å². The molecule has 140 valence electrons. The van der Waals surface area contributed by atoms with Gasteiger partial charge >= 0.3 is 0 Å². The van der Waals surface area contributed by atoms with Crippen molar-refractivity contribution in [3.05, 3.63) is 15.6 Å². The molecule has 0 unspecified atom stereocenters. The van der Waals surface area contributed by atoms with Gasteiger partial charge in [-0.05, 0) is 41.5 Å². The molecule has 1 rings (SSSR count). The van der Waals surface area contributed by atoms with Crippen LogP contribution in [0.25, 0.3) is 0 Å². The van der Waals surface area contributed by atoms with E-state index in [-0.39, 0.29) is 24.0 Å². The van der Waals surface area contributed by atoms with Gasteiger partial charge in [0.05, 0.1) is 10.7 Å². The van der Waals surface area contributed by atoms with E-state index in [0.717, 1.165) is 37.7 Å². The zero-order chi connectivity index (χ0) is 17.4. The van der Waals surface area contributed by atoms with Gasteiger partial charge in [-0.15, -0.1) is 35.3 Å². The maximum absolute atomic E-state index is 4.57. The quantitative estimate of drug-likeness (QED) is 0.350. The Morgan fingerprint density at radius 2 is 1.71 bits per heavy atom. The molecule has 0 spiro atoms. The Hall–Kier alpha value is -0.410. The summed E-state index contributed by atoms with van der Waals surface area (Å²) < 4.78 is 0. The molecule has 0 saturated carbocycles. The highest BCUT2D eigenvalue weighted by molar-refractivity contribution is 14.0. The maximum atomic E-state index is 4.57. The van der Waals surface area contributed by atoms with Crippen LogP contribution in [0.3, 0.4) is 0 Å². The molecule has 0 aliphatic rings. The second kappa shape index (κ2) is 12.0. The fourth-order valence-corrected chi connectivity index (χ4v) is 3.50. The molecule has 0 aliphatic heterocycles. The first-order valence-electron chi connectivity index (χ1n) is 8.48. The number of aromatic nitrogens is 1. The first-order valence-corrected chi connectivity index (χ1v) is 9.30. The number of aliphatic imine (C=N–C) groups is 1. The summed E-state index contributed by atoms with van der Waals surface area (Å²) in [6.45, 7) is 15.9. The molecular weight excluding hydrogens is 433 g/mol. The van der Waals surface area contributed by atoms with Crippen LogP contribution >= 0.6 is 35.3 Å². The maximum Gasteiger partial charge on any atom is 0.191 e. The van der Waals surface area contributed by atoms with E-state index in [0.29, 0.717) is 12.1 Å². The third kappa shape index (κ3) is 8.11. The van der Waals surface area contributed by atoms with Crippen LogP contribution < -0.4 is 10.6 Å². The summed E-state index contributed by atoms with van der Waals surface area (Å²) in [7, 11) is 1.82. The summed E-state index contributed by atoms with van der Waals surface area (Å²) in [4.78, 5) is 12.6. The lowest BCUT2D eigenvalue weighted by atomic mass is 10.2. The van der Waals surface area contributed by atoms with Gasteiger partial charge in [0.15, 0.2) is 5.96 Å². The highest BCUT2D eigenvalue weighted by Crippen LogP contribution is 2.16. The summed E-state index contributed by atoms with van der Waals surface area (Å²) in [5.74, 6) is 0.863. The minimum Gasteiger partial charge on any atom is -0.356 e. The number of aryl methyl sites for hydroxylation is 2. The number of nitrogens with zero attached hydrogens (tertiary/aromatic N) is 3. The average molecular weight is 467 g/mol. The van der Waals surface area contributed by atoms with Gasteiger partial charge in [0.1, 0.15) is 0 Å². The van der Waals surface area contributed by atoms with Crippen LogP contribution in [0.1, 0.15) is 43.3 Å². The molecule has 0 bridgehead atoms. The number of guanidine groups is 1. The molecule has 0 atom stereocenters. The summed E-state index contributed by atoms with van der Waals surface area (Å²) in [5, 5.41) is 7.95. The molecule has 0 aromatic carbocycles. The SMILES string of the molecule is CN=C(NCCc1nc(C)c(C)s1)NCCN(C(C)C)C(C)C.I. The molecule has 7 heteroatoms. The summed E-state index contributed by atoms with van der Waals surface area (Å²) >= 11 is 1.78. The zero-order valence-corrected chi connectivity index (χ0v) is 19.3. The fraction of sp³-hybridized carbons (Fsp3) is 0.765. The van der Waals surface area contributed by atoms with Crippen molar-refractivity contribution < 1.29 is 0 Å². The lowest BCUT2D eigenvalue weighted by Gasteiger charge is -2.30. The summed E-state index contributed by atoms with van der Waals surface area (Å²) in [6, 6.07) is 1.12. The monoisotopic (exact) mass is 467 g/mol.